The van der Waals surface area contributed by atoms with E-state index in [1.165, 1.54) is 12.7 Å². The molecule has 0 bridgehead atoms. The monoisotopic (exact) mass is 785 g/mol. The molecule has 1 aliphatic carbocycles. The molecule has 2 aliphatic heterocycles. The summed E-state index contributed by atoms with van der Waals surface area (Å²) in [5, 5.41) is 8.35. The maximum absolute atomic E-state index is 13.8. The Hall–Kier alpha value is -4.88. The van der Waals surface area contributed by atoms with Crippen molar-refractivity contribution in [3.8, 4) is 11.3 Å². The van der Waals surface area contributed by atoms with E-state index in [4.69, 9.17) is 14.7 Å². The Balaban J connectivity index is 1.08. The van der Waals surface area contributed by atoms with Crippen LogP contribution in [0.1, 0.15) is 135 Å². The summed E-state index contributed by atoms with van der Waals surface area (Å²) in [7, 11) is 1.30. The topological polar surface area (TPSA) is 177 Å². The predicted molar refractivity (Wildman–Crippen MR) is 218 cm³/mol. The number of nitrogens with one attached hydrogen (secondary N) is 5. The third kappa shape index (κ3) is 8.84. The number of imidazole rings is 2. The number of aromatic amines is 2. The summed E-state index contributed by atoms with van der Waals surface area (Å²) in [6.45, 7) is 16.0. The molecule has 1 saturated carbocycles. The first-order valence-electron chi connectivity index (χ1n) is 20.9. The Kier molecular flexibility index (Phi) is 12.7. The van der Waals surface area contributed by atoms with Gasteiger partial charge in [0.25, 0.3) is 0 Å². The van der Waals surface area contributed by atoms with Gasteiger partial charge in [-0.2, -0.15) is 0 Å². The quantitative estimate of drug-likeness (QED) is 0.137. The van der Waals surface area contributed by atoms with E-state index in [2.05, 4.69) is 64.0 Å². The molecule has 0 unspecified atom stereocenters. The average Bonchev–Trinajstić information content (AvgIpc) is 4.03. The maximum Gasteiger partial charge on any atom is 0.407 e. The van der Waals surface area contributed by atoms with Crippen LogP contribution in [0.4, 0.5) is 9.59 Å². The number of urea groups is 1. The lowest BCUT2D eigenvalue weighted by atomic mass is 9.62. The third-order valence-electron chi connectivity index (χ3n) is 12.8. The highest BCUT2D eigenvalue weighted by Gasteiger charge is 2.43. The van der Waals surface area contributed by atoms with Crippen molar-refractivity contribution in [2.45, 2.75) is 135 Å². The number of methoxy groups -OCH3 is 1. The molecule has 0 radical (unpaired) electrons. The number of benzene rings is 1. The van der Waals surface area contributed by atoms with Crippen LogP contribution < -0.4 is 16.0 Å². The Labute approximate surface area is 337 Å². The first-order chi connectivity index (χ1) is 27.2. The minimum Gasteiger partial charge on any atom is -0.453 e. The lowest BCUT2D eigenvalue weighted by Crippen LogP contribution is -2.53. The van der Waals surface area contributed by atoms with Gasteiger partial charge in [0.2, 0.25) is 11.8 Å². The molecule has 14 heteroatoms. The number of ether oxygens (including phenoxy) is 1. The summed E-state index contributed by atoms with van der Waals surface area (Å²) < 4.78 is 4.77. The summed E-state index contributed by atoms with van der Waals surface area (Å²) >= 11 is 0. The van der Waals surface area contributed by atoms with E-state index in [1.54, 1.807) is 0 Å². The lowest BCUT2D eigenvalue weighted by molar-refractivity contribution is -0.136. The predicted octanol–water partition coefficient (Wildman–Crippen LogP) is 6.64. The van der Waals surface area contributed by atoms with Gasteiger partial charge in [0.15, 0.2) is 0 Å². The fourth-order valence-corrected chi connectivity index (χ4v) is 8.98. The van der Waals surface area contributed by atoms with Crippen LogP contribution in [-0.4, -0.2) is 92.5 Å². The first kappa shape index (κ1) is 41.7. The molecule has 2 saturated heterocycles. The second-order valence-corrected chi connectivity index (χ2v) is 17.5. The summed E-state index contributed by atoms with van der Waals surface area (Å²) in [4.78, 5) is 72.1. The normalized spacial score (nSPS) is 24.7. The van der Waals surface area contributed by atoms with Crippen LogP contribution in [-0.2, 0) is 25.2 Å². The van der Waals surface area contributed by atoms with Crippen molar-refractivity contribution in [2.75, 3.05) is 26.7 Å². The van der Waals surface area contributed by atoms with Crippen LogP contribution in [0, 0.1) is 11.8 Å². The van der Waals surface area contributed by atoms with Crippen molar-refractivity contribution in [1.29, 1.82) is 0 Å². The number of carbonyl (C=O) groups excluding carboxylic acids is 4. The van der Waals surface area contributed by atoms with Gasteiger partial charge >= 0.3 is 12.1 Å². The Morgan fingerprint density at radius 2 is 1.32 bits per heavy atom. The van der Waals surface area contributed by atoms with Crippen molar-refractivity contribution >= 4 is 23.9 Å². The lowest BCUT2D eigenvalue weighted by Gasteiger charge is -2.43. The molecule has 3 fully saturated rings. The van der Waals surface area contributed by atoms with Crippen molar-refractivity contribution in [1.82, 2.24) is 45.7 Å². The number of amides is 5. The first-order valence-corrected chi connectivity index (χ1v) is 20.9. The summed E-state index contributed by atoms with van der Waals surface area (Å²) in [6.07, 6.45) is 10.6. The number of nitrogens with zero attached hydrogens (tertiary/aromatic N) is 4. The zero-order chi connectivity index (χ0) is 41.1. The molecule has 4 atom stereocenters. The maximum atomic E-state index is 13.8. The van der Waals surface area contributed by atoms with Gasteiger partial charge in [0.05, 0.1) is 31.1 Å². The number of rotatable bonds is 12. The molecule has 2 aromatic heterocycles. The molecule has 1 aromatic carbocycles. The molecule has 14 nitrogen and oxygen atoms in total. The smallest absolute Gasteiger partial charge is 0.407 e. The molecule has 57 heavy (non-hydrogen) atoms. The molecule has 5 N–H and O–H groups in total. The van der Waals surface area contributed by atoms with Crippen molar-refractivity contribution < 1.29 is 23.9 Å². The van der Waals surface area contributed by atoms with Gasteiger partial charge in [-0.25, -0.2) is 19.6 Å². The fraction of sp³-hybridized carbons (Fsp3) is 0.628. The van der Waals surface area contributed by atoms with Gasteiger partial charge in [-0.15, -0.1) is 0 Å². The molecule has 310 valence electrons. The zero-order valence-corrected chi connectivity index (χ0v) is 35.0. The molecular weight excluding hydrogens is 723 g/mol. The van der Waals surface area contributed by atoms with Gasteiger partial charge in [-0.05, 0) is 86.7 Å². The summed E-state index contributed by atoms with van der Waals surface area (Å²) in [5.41, 5.74) is 4.32. The van der Waals surface area contributed by atoms with Crippen LogP contribution in [0.5, 0.6) is 0 Å². The summed E-state index contributed by atoms with van der Waals surface area (Å²) in [5.74, 6) is 1.25. The average molecular weight is 786 g/mol. The molecule has 3 aromatic rings. The van der Waals surface area contributed by atoms with E-state index in [-0.39, 0.29) is 52.6 Å². The van der Waals surface area contributed by atoms with E-state index in [9.17, 15) is 19.2 Å². The van der Waals surface area contributed by atoms with Crippen LogP contribution in [0.2, 0.25) is 0 Å². The van der Waals surface area contributed by atoms with Crippen molar-refractivity contribution in [3.05, 3.63) is 59.6 Å². The molecule has 3 aliphatic rings. The number of likely N-dealkylation sites (tertiary alicyclic amines) is 2. The summed E-state index contributed by atoms with van der Waals surface area (Å²) in [6, 6.07) is 6.85. The molecule has 0 spiro atoms. The van der Waals surface area contributed by atoms with Crippen LogP contribution in [0.25, 0.3) is 11.3 Å². The number of hydrogen-bond donors (Lipinski definition) is 5. The standard InChI is InChI=1S/C43H63N9O5/c1-9-44-40(55)49-34(26(2)3)38(53)52-23-11-13-32(52)37-46-25-33(48-37)43(7)20-18-42(6,19-21-43)29-16-14-28(15-17-29)30-24-45-36(47-30)31-12-10-22-51(31)39(54)35(27(4)5)50-41(56)57-8/h14-17,24-27,31-32,34-35H,9-13,18-23H2,1-8H3,(H,45,47)(H,46,48)(H,50,56)(H2,44,49,55)/t31-,32-,34-,35-,42?,43?/m0/s1. The molecule has 4 heterocycles. The Bertz CT molecular complexity index is 1880. The van der Waals surface area contributed by atoms with E-state index < -0.39 is 18.2 Å². The van der Waals surface area contributed by atoms with E-state index in [0.717, 1.165) is 80.0 Å². The number of H-pyrrole nitrogens is 2. The Morgan fingerprint density at radius 3 is 1.86 bits per heavy atom. The highest BCUT2D eigenvalue weighted by atomic mass is 16.5. The second-order valence-electron chi connectivity index (χ2n) is 17.5. The minimum absolute atomic E-state index is 0.0214. The van der Waals surface area contributed by atoms with Gasteiger partial charge in [0, 0.05) is 36.9 Å². The number of hydrogen-bond acceptors (Lipinski definition) is 7. The molecule has 5 amide bonds. The van der Waals surface area contributed by atoms with Gasteiger partial charge in [-0.1, -0.05) is 65.8 Å². The largest absolute Gasteiger partial charge is 0.453 e. The van der Waals surface area contributed by atoms with Crippen molar-refractivity contribution in [2.24, 2.45) is 11.8 Å². The number of carbonyl (C=O) groups is 4. The van der Waals surface area contributed by atoms with Gasteiger partial charge < -0.3 is 40.5 Å². The second kappa shape index (κ2) is 17.3. The minimum atomic E-state index is -0.676. The van der Waals surface area contributed by atoms with Crippen LogP contribution in [0.15, 0.2) is 36.7 Å². The fourth-order valence-electron chi connectivity index (χ4n) is 8.98. The molecular formula is C43H63N9O5. The van der Waals surface area contributed by atoms with E-state index in [0.29, 0.717) is 19.6 Å². The highest BCUT2D eigenvalue weighted by Crippen LogP contribution is 2.48. The van der Waals surface area contributed by atoms with E-state index in [1.807, 2.05) is 56.8 Å². The molecule has 6 rings (SSSR count). The zero-order valence-electron chi connectivity index (χ0n) is 35.0. The van der Waals surface area contributed by atoms with Gasteiger partial charge in [0.1, 0.15) is 23.7 Å². The SMILES string of the molecule is CCNC(=O)N[C@H](C(=O)N1CCC[C@H]1c1ncc(C2(C)CCC(C)(c3ccc(-c4cnc([C@@H]5CCCN5C(=O)[C@@H](NC(=O)OC)C(C)C)[nH]4)cc3)CC2)[nH]1)C(C)C. The highest BCUT2D eigenvalue weighted by molar-refractivity contribution is 5.88. The van der Waals surface area contributed by atoms with Crippen LogP contribution in [0.3, 0.4) is 0 Å². The Morgan fingerprint density at radius 1 is 0.789 bits per heavy atom. The van der Waals surface area contributed by atoms with E-state index >= 15 is 0 Å². The number of alkyl carbamates (subject to hydrolysis) is 1. The van der Waals surface area contributed by atoms with Crippen LogP contribution >= 0.6 is 0 Å². The van der Waals surface area contributed by atoms with Crippen molar-refractivity contribution in [3.63, 3.8) is 0 Å². The number of aromatic nitrogens is 4. The third-order valence-corrected chi connectivity index (χ3v) is 12.8. The van der Waals surface area contributed by atoms with Gasteiger partial charge in [-0.3, -0.25) is 9.59 Å².